The summed E-state index contributed by atoms with van der Waals surface area (Å²) in [4.78, 5) is 27.3. The molecule has 1 aromatic heterocycles. The number of amides is 1. The first kappa shape index (κ1) is 13.2. The fourth-order valence-corrected chi connectivity index (χ4v) is 1.95. The van der Waals surface area contributed by atoms with Crippen molar-refractivity contribution in [3.8, 4) is 0 Å². The summed E-state index contributed by atoms with van der Waals surface area (Å²) in [5, 5.41) is 4.98. The summed E-state index contributed by atoms with van der Waals surface area (Å²) in [7, 11) is 0. The lowest BCUT2D eigenvalue weighted by Crippen LogP contribution is -2.12. The van der Waals surface area contributed by atoms with Gasteiger partial charge in [-0.3, -0.25) is 10.1 Å². The minimum Gasteiger partial charge on any atom is -0.462 e. The smallest absolute Gasteiger partial charge is 0.338 e. The van der Waals surface area contributed by atoms with Gasteiger partial charge < -0.3 is 4.74 Å². The van der Waals surface area contributed by atoms with Crippen molar-refractivity contribution in [3.63, 3.8) is 0 Å². The summed E-state index contributed by atoms with van der Waals surface area (Å²) < 4.78 is 4.87. The van der Waals surface area contributed by atoms with Crippen LogP contribution < -0.4 is 5.32 Å². The van der Waals surface area contributed by atoms with Gasteiger partial charge in [0.2, 0.25) is 0 Å². The number of anilines is 1. The van der Waals surface area contributed by atoms with E-state index >= 15 is 0 Å². The first-order valence-electron chi connectivity index (χ1n) is 5.68. The van der Waals surface area contributed by atoms with Crippen LogP contribution in [0.2, 0.25) is 0 Å². The topological polar surface area (TPSA) is 68.3 Å². The van der Waals surface area contributed by atoms with E-state index in [1.807, 2.05) is 0 Å². The van der Waals surface area contributed by atoms with Gasteiger partial charge in [-0.2, -0.15) is 0 Å². The highest BCUT2D eigenvalue weighted by Crippen LogP contribution is 2.13. The van der Waals surface area contributed by atoms with Crippen molar-refractivity contribution in [1.82, 2.24) is 4.98 Å². The minimum atomic E-state index is -0.394. The number of carbonyl (C=O) groups excluding carboxylic acids is 2. The van der Waals surface area contributed by atoms with Crippen LogP contribution in [0.3, 0.4) is 0 Å². The van der Waals surface area contributed by atoms with Crippen LogP contribution in [0.25, 0.3) is 0 Å². The number of esters is 1. The van der Waals surface area contributed by atoms with Crippen LogP contribution in [-0.4, -0.2) is 23.5 Å². The van der Waals surface area contributed by atoms with Gasteiger partial charge in [0, 0.05) is 17.1 Å². The average Bonchev–Trinajstić information content (AvgIpc) is 2.92. The molecule has 2 aromatic rings. The van der Waals surface area contributed by atoms with Crippen molar-refractivity contribution in [3.05, 3.63) is 47.0 Å². The van der Waals surface area contributed by atoms with Gasteiger partial charge in [-0.05, 0) is 31.2 Å². The Morgan fingerprint density at radius 2 is 1.95 bits per heavy atom. The highest BCUT2D eigenvalue weighted by Gasteiger charge is 2.10. The van der Waals surface area contributed by atoms with Crippen molar-refractivity contribution < 1.29 is 14.3 Å². The number of hydrogen-bond donors (Lipinski definition) is 1. The van der Waals surface area contributed by atoms with Crippen molar-refractivity contribution in [1.29, 1.82) is 0 Å². The highest BCUT2D eigenvalue weighted by atomic mass is 32.1. The van der Waals surface area contributed by atoms with E-state index in [4.69, 9.17) is 4.74 Å². The van der Waals surface area contributed by atoms with E-state index in [1.54, 1.807) is 42.8 Å². The third-order valence-electron chi connectivity index (χ3n) is 2.31. The van der Waals surface area contributed by atoms with Crippen molar-refractivity contribution in [2.45, 2.75) is 6.92 Å². The number of ether oxygens (including phenoxy) is 1. The quantitative estimate of drug-likeness (QED) is 0.871. The molecular weight excluding hydrogens is 264 g/mol. The molecule has 0 aliphatic carbocycles. The Kier molecular flexibility index (Phi) is 4.25. The Bertz CT molecular complexity index is 564. The lowest BCUT2D eigenvalue weighted by Gasteiger charge is -2.04. The van der Waals surface area contributed by atoms with Crippen LogP contribution in [0.1, 0.15) is 27.6 Å². The van der Waals surface area contributed by atoms with Crippen molar-refractivity contribution in [2.75, 3.05) is 11.9 Å². The van der Waals surface area contributed by atoms with E-state index in [1.165, 1.54) is 11.3 Å². The molecule has 1 amide bonds. The first-order chi connectivity index (χ1) is 9.20. The predicted molar refractivity (Wildman–Crippen MR) is 72.5 cm³/mol. The largest absolute Gasteiger partial charge is 0.462 e. The van der Waals surface area contributed by atoms with E-state index in [0.29, 0.717) is 22.9 Å². The molecule has 19 heavy (non-hydrogen) atoms. The molecule has 6 heteroatoms. The molecule has 0 radical (unpaired) electrons. The molecule has 1 N–H and O–H groups in total. The second kappa shape index (κ2) is 6.10. The number of nitrogens with one attached hydrogen (secondary N) is 1. The van der Waals surface area contributed by atoms with E-state index in [-0.39, 0.29) is 5.91 Å². The van der Waals surface area contributed by atoms with Crippen LogP contribution in [0.5, 0.6) is 0 Å². The van der Waals surface area contributed by atoms with E-state index < -0.39 is 5.97 Å². The maximum absolute atomic E-state index is 11.9. The Morgan fingerprint density at radius 1 is 1.26 bits per heavy atom. The van der Waals surface area contributed by atoms with Crippen LogP contribution in [0.15, 0.2) is 35.8 Å². The summed E-state index contributed by atoms with van der Waals surface area (Å²) in [6.07, 6.45) is 1.62. The van der Waals surface area contributed by atoms with Gasteiger partial charge in [-0.15, -0.1) is 11.3 Å². The number of aromatic nitrogens is 1. The predicted octanol–water partition coefficient (Wildman–Crippen LogP) is 2.57. The fraction of sp³-hybridized carbons (Fsp3) is 0.154. The molecule has 1 aromatic carbocycles. The molecule has 0 aliphatic rings. The third kappa shape index (κ3) is 3.38. The van der Waals surface area contributed by atoms with E-state index in [9.17, 15) is 9.59 Å². The Morgan fingerprint density at radius 3 is 2.53 bits per heavy atom. The number of thiazole rings is 1. The van der Waals surface area contributed by atoms with Gasteiger partial charge in [0.05, 0.1) is 12.2 Å². The standard InChI is InChI=1S/C13H12N2O3S/c1-2-18-12(17)10-5-3-9(4-6-10)11(16)15-13-14-7-8-19-13/h3-8H,2H2,1H3,(H,14,15,16). The normalized spacial score (nSPS) is 9.95. The van der Waals surface area contributed by atoms with Crippen molar-refractivity contribution in [2.24, 2.45) is 0 Å². The summed E-state index contributed by atoms with van der Waals surface area (Å²) in [6, 6.07) is 6.29. The van der Waals surface area contributed by atoms with E-state index in [0.717, 1.165) is 0 Å². The Labute approximate surface area is 114 Å². The molecule has 0 fully saturated rings. The Hall–Kier alpha value is -2.21. The Balaban J connectivity index is 2.05. The summed E-state index contributed by atoms with van der Waals surface area (Å²) >= 11 is 1.34. The third-order valence-corrected chi connectivity index (χ3v) is 3.00. The molecule has 0 spiro atoms. The first-order valence-corrected chi connectivity index (χ1v) is 6.56. The molecule has 1 heterocycles. The summed E-state index contributed by atoms with van der Waals surface area (Å²) in [5.41, 5.74) is 0.885. The molecule has 5 nitrogen and oxygen atoms in total. The SMILES string of the molecule is CCOC(=O)c1ccc(C(=O)Nc2nccs2)cc1. The fourth-order valence-electron chi connectivity index (χ4n) is 1.43. The lowest BCUT2D eigenvalue weighted by atomic mass is 10.1. The van der Waals surface area contributed by atoms with E-state index in [2.05, 4.69) is 10.3 Å². The second-order valence-corrected chi connectivity index (χ2v) is 4.48. The van der Waals surface area contributed by atoms with Gasteiger partial charge >= 0.3 is 5.97 Å². The van der Waals surface area contributed by atoms with Crippen LogP contribution in [0, 0.1) is 0 Å². The van der Waals surface area contributed by atoms with Crippen LogP contribution in [0.4, 0.5) is 5.13 Å². The zero-order valence-electron chi connectivity index (χ0n) is 10.3. The zero-order chi connectivity index (χ0) is 13.7. The molecule has 98 valence electrons. The van der Waals surface area contributed by atoms with Crippen LogP contribution in [-0.2, 0) is 4.74 Å². The van der Waals surface area contributed by atoms with Gasteiger partial charge in [0.25, 0.3) is 5.91 Å². The molecule has 0 atom stereocenters. The average molecular weight is 276 g/mol. The van der Waals surface area contributed by atoms with Crippen molar-refractivity contribution >= 4 is 28.3 Å². The highest BCUT2D eigenvalue weighted by molar-refractivity contribution is 7.13. The minimum absolute atomic E-state index is 0.259. The molecule has 0 unspecified atom stereocenters. The number of rotatable bonds is 4. The van der Waals surface area contributed by atoms with Gasteiger partial charge in [-0.25, -0.2) is 9.78 Å². The van der Waals surface area contributed by atoms with Gasteiger partial charge in [0.15, 0.2) is 5.13 Å². The maximum atomic E-state index is 11.9. The summed E-state index contributed by atoms with van der Waals surface area (Å²) in [6.45, 7) is 2.07. The zero-order valence-corrected chi connectivity index (χ0v) is 11.1. The molecule has 2 rings (SSSR count). The molecule has 0 aliphatic heterocycles. The molecule has 0 saturated heterocycles. The molecule has 0 saturated carbocycles. The molecule has 0 bridgehead atoms. The summed E-state index contributed by atoms with van der Waals surface area (Å²) in [5.74, 6) is -0.653. The second-order valence-electron chi connectivity index (χ2n) is 3.59. The number of hydrogen-bond acceptors (Lipinski definition) is 5. The van der Waals surface area contributed by atoms with Gasteiger partial charge in [-0.1, -0.05) is 0 Å². The number of nitrogens with zero attached hydrogens (tertiary/aromatic N) is 1. The number of benzene rings is 1. The molecular formula is C13H12N2O3S. The lowest BCUT2D eigenvalue weighted by molar-refractivity contribution is 0.0526. The number of carbonyl (C=O) groups is 2. The van der Waals surface area contributed by atoms with Crippen LogP contribution >= 0.6 is 11.3 Å². The van der Waals surface area contributed by atoms with Gasteiger partial charge in [0.1, 0.15) is 0 Å². The maximum Gasteiger partial charge on any atom is 0.338 e. The monoisotopic (exact) mass is 276 g/mol.